The summed E-state index contributed by atoms with van der Waals surface area (Å²) in [6.07, 6.45) is 4.35. The van der Waals surface area contributed by atoms with Gasteiger partial charge in [-0.05, 0) is 50.8 Å². The van der Waals surface area contributed by atoms with Gasteiger partial charge in [0.2, 0.25) is 0 Å². The van der Waals surface area contributed by atoms with Crippen molar-refractivity contribution in [3.8, 4) is 0 Å². The zero-order valence-corrected chi connectivity index (χ0v) is 12.1. The predicted octanol–water partition coefficient (Wildman–Crippen LogP) is 2.76. The van der Waals surface area contributed by atoms with E-state index in [4.69, 9.17) is 0 Å². The molecule has 3 rings (SSSR count). The Morgan fingerprint density at radius 2 is 2.19 bits per heavy atom. The standard InChI is InChI=1S/C15H20FN3O2/c1-10-7-14(15(19(20)21)8-13(10)16)18(12-4-5-12)9-11-3-2-6-17-11/h7-8,11-12,17H,2-6,9H2,1H3. The average molecular weight is 293 g/mol. The summed E-state index contributed by atoms with van der Waals surface area (Å²) in [4.78, 5) is 12.9. The quantitative estimate of drug-likeness (QED) is 0.670. The Labute approximate surface area is 123 Å². The first-order valence-electron chi connectivity index (χ1n) is 7.51. The first-order valence-corrected chi connectivity index (χ1v) is 7.51. The number of anilines is 1. The molecule has 0 amide bonds. The molecular weight excluding hydrogens is 273 g/mol. The van der Waals surface area contributed by atoms with Crippen LogP contribution in [-0.4, -0.2) is 30.1 Å². The van der Waals surface area contributed by atoms with Crippen LogP contribution < -0.4 is 10.2 Å². The summed E-state index contributed by atoms with van der Waals surface area (Å²) in [6, 6.07) is 3.41. The molecule has 2 aliphatic rings. The molecule has 0 spiro atoms. The van der Waals surface area contributed by atoms with Crippen LogP contribution in [0.3, 0.4) is 0 Å². The monoisotopic (exact) mass is 293 g/mol. The Hall–Kier alpha value is -1.69. The van der Waals surface area contributed by atoms with E-state index >= 15 is 0 Å². The van der Waals surface area contributed by atoms with E-state index in [2.05, 4.69) is 10.2 Å². The van der Waals surface area contributed by atoms with Gasteiger partial charge in [-0.1, -0.05) is 0 Å². The number of nitro groups is 1. The molecule has 21 heavy (non-hydrogen) atoms. The van der Waals surface area contributed by atoms with E-state index in [0.717, 1.165) is 44.8 Å². The third-order valence-electron chi connectivity index (χ3n) is 4.33. The van der Waals surface area contributed by atoms with Crippen LogP contribution in [0.4, 0.5) is 15.8 Å². The largest absolute Gasteiger partial charge is 0.361 e. The number of halogens is 1. The van der Waals surface area contributed by atoms with Crippen LogP contribution in [0.2, 0.25) is 0 Å². The molecule has 2 fully saturated rings. The highest BCUT2D eigenvalue weighted by Crippen LogP contribution is 2.38. The highest BCUT2D eigenvalue weighted by Gasteiger charge is 2.35. The number of hydrogen-bond acceptors (Lipinski definition) is 4. The predicted molar refractivity (Wildman–Crippen MR) is 79.2 cm³/mol. The first-order chi connectivity index (χ1) is 10.1. The van der Waals surface area contributed by atoms with Crippen molar-refractivity contribution in [3.63, 3.8) is 0 Å². The van der Waals surface area contributed by atoms with Crippen molar-refractivity contribution in [3.05, 3.63) is 33.6 Å². The summed E-state index contributed by atoms with van der Waals surface area (Å²) in [6.45, 7) is 3.42. The van der Waals surface area contributed by atoms with Crippen LogP contribution in [0.15, 0.2) is 12.1 Å². The van der Waals surface area contributed by atoms with Crippen molar-refractivity contribution in [1.29, 1.82) is 0 Å². The van der Waals surface area contributed by atoms with Crippen LogP contribution in [0.25, 0.3) is 0 Å². The molecule has 6 heteroatoms. The molecule has 5 nitrogen and oxygen atoms in total. The Morgan fingerprint density at radius 3 is 2.76 bits per heavy atom. The number of hydrogen-bond donors (Lipinski definition) is 1. The molecule has 1 N–H and O–H groups in total. The first kappa shape index (κ1) is 14.3. The number of rotatable bonds is 5. The maximum absolute atomic E-state index is 13.7. The molecule has 1 saturated carbocycles. The minimum absolute atomic E-state index is 0.122. The van der Waals surface area contributed by atoms with Crippen LogP contribution >= 0.6 is 0 Å². The summed E-state index contributed by atoms with van der Waals surface area (Å²) >= 11 is 0. The van der Waals surface area contributed by atoms with E-state index < -0.39 is 10.7 Å². The Morgan fingerprint density at radius 1 is 1.43 bits per heavy atom. The van der Waals surface area contributed by atoms with Gasteiger partial charge in [0.25, 0.3) is 5.69 Å². The Bertz CT molecular complexity index is 554. The lowest BCUT2D eigenvalue weighted by Crippen LogP contribution is -2.39. The van der Waals surface area contributed by atoms with Crippen LogP contribution in [0, 0.1) is 22.9 Å². The fraction of sp³-hybridized carbons (Fsp3) is 0.600. The maximum Gasteiger partial charge on any atom is 0.295 e. The van der Waals surface area contributed by atoms with Gasteiger partial charge in [-0.2, -0.15) is 0 Å². The number of nitro benzene ring substituents is 1. The topological polar surface area (TPSA) is 58.4 Å². The van der Waals surface area contributed by atoms with Crippen LogP contribution in [0.5, 0.6) is 0 Å². The van der Waals surface area contributed by atoms with Gasteiger partial charge in [0.05, 0.1) is 11.0 Å². The molecule has 1 aliphatic carbocycles. The smallest absolute Gasteiger partial charge is 0.295 e. The van der Waals surface area contributed by atoms with Crippen molar-refractivity contribution in [1.82, 2.24) is 5.32 Å². The van der Waals surface area contributed by atoms with Crippen molar-refractivity contribution < 1.29 is 9.31 Å². The molecule has 1 saturated heterocycles. The van der Waals surface area contributed by atoms with E-state index in [0.29, 0.717) is 23.3 Å². The molecule has 1 aliphatic heterocycles. The van der Waals surface area contributed by atoms with Crippen LogP contribution in [0.1, 0.15) is 31.2 Å². The molecule has 1 heterocycles. The normalized spacial score (nSPS) is 21.5. The van der Waals surface area contributed by atoms with Crippen molar-refractivity contribution in [2.45, 2.75) is 44.7 Å². The summed E-state index contributed by atoms with van der Waals surface area (Å²) in [7, 11) is 0. The fourth-order valence-corrected chi connectivity index (χ4v) is 3.01. The maximum atomic E-state index is 13.7. The highest BCUT2D eigenvalue weighted by molar-refractivity contribution is 5.66. The SMILES string of the molecule is Cc1cc(N(CC2CCCN2)C2CC2)c([N+](=O)[O-])cc1F. The molecule has 1 atom stereocenters. The lowest BCUT2D eigenvalue weighted by Gasteiger charge is -2.28. The average Bonchev–Trinajstić information content (AvgIpc) is 3.15. The highest BCUT2D eigenvalue weighted by atomic mass is 19.1. The van der Waals surface area contributed by atoms with Gasteiger partial charge >= 0.3 is 0 Å². The molecule has 0 radical (unpaired) electrons. The number of nitrogens with zero attached hydrogens (tertiary/aromatic N) is 2. The van der Waals surface area contributed by atoms with Crippen molar-refractivity contribution in [2.24, 2.45) is 0 Å². The van der Waals surface area contributed by atoms with Gasteiger partial charge in [0, 0.05) is 18.6 Å². The molecule has 114 valence electrons. The summed E-state index contributed by atoms with van der Waals surface area (Å²) in [5.41, 5.74) is 0.902. The van der Waals surface area contributed by atoms with Gasteiger partial charge in [-0.15, -0.1) is 0 Å². The van der Waals surface area contributed by atoms with E-state index in [1.165, 1.54) is 0 Å². The lowest BCUT2D eigenvalue weighted by molar-refractivity contribution is -0.384. The molecule has 1 aromatic rings. The van der Waals surface area contributed by atoms with Gasteiger partial charge < -0.3 is 10.2 Å². The zero-order chi connectivity index (χ0) is 15.0. The molecular formula is C15H20FN3O2. The van der Waals surface area contributed by atoms with Gasteiger partial charge in [-0.25, -0.2) is 4.39 Å². The summed E-state index contributed by atoms with van der Waals surface area (Å²) < 4.78 is 13.7. The van der Waals surface area contributed by atoms with Crippen LogP contribution in [-0.2, 0) is 0 Å². The van der Waals surface area contributed by atoms with E-state index in [1.807, 2.05) is 0 Å². The lowest BCUT2D eigenvalue weighted by atomic mass is 10.1. The van der Waals surface area contributed by atoms with Gasteiger partial charge in [0.15, 0.2) is 0 Å². The molecule has 0 bridgehead atoms. The fourth-order valence-electron chi connectivity index (χ4n) is 3.01. The molecule has 0 aromatic heterocycles. The van der Waals surface area contributed by atoms with Gasteiger partial charge in [0.1, 0.15) is 11.5 Å². The third kappa shape index (κ3) is 3.00. The van der Waals surface area contributed by atoms with Crippen molar-refractivity contribution >= 4 is 11.4 Å². The number of aryl methyl sites for hydroxylation is 1. The van der Waals surface area contributed by atoms with E-state index in [-0.39, 0.29) is 5.69 Å². The zero-order valence-electron chi connectivity index (χ0n) is 12.1. The molecule has 1 unspecified atom stereocenters. The van der Waals surface area contributed by atoms with E-state index in [9.17, 15) is 14.5 Å². The Kier molecular flexibility index (Phi) is 3.80. The van der Waals surface area contributed by atoms with Crippen molar-refractivity contribution in [2.75, 3.05) is 18.0 Å². The third-order valence-corrected chi connectivity index (χ3v) is 4.33. The number of benzene rings is 1. The second-order valence-corrected chi connectivity index (χ2v) is 6.02. The molecule has 1 aromatic carbocycles. The van der Waals surface area contributed by atoms with Gasteiger partial charge in [-0.3, -0.25) is 10.1 Å². The minimum atomic E-state index is -0.514. The van der Waals surface area contributed by atoms with E-state index in [1.54, 1.807) is 13.0 Å². The summed E-state index contributed by atoms with van der Waals surface area (Å²) in [5, 5.41) is 14.7. The summed E-state index contributed by atoms with van der Waals surface area (Å²) in [5.74, 6) is -0.514. The second kappa shape index (κ2) is 5.60. The minimum Gasteiger partial charge on any atom is -0.361 e. The number of nitrogens with one attached hydrogen (secondary N) is 1. The second-order valence-electron chi connectivity index (χ2n) is 6.02. The Balaban J connectivity index is 1.94.